The predicted molar refractivity (Wildman–Crippen MR) is 142 cm³/mol. The molecule has 1 unspecified atom stereocenters. The lowest BCUT2D eigenvalue weighted by Crippen LogP contribution is -2.55. The zero-order chi connectivity index (χ0) is 26.9. The smallest absolute Gasteiger partial charge is 0.272 e. The van der Waals surface area contributed by atoms with Crippen LogP contribution in [-0.4, -0.2) is 74.8 Å². The third-order valence-corrected chi connectivity index (χ3v) is 7.21. The number of imidazole rings is 1. The summed E-state index contributed by atoms with van der Waals surface area (Å²) in [7, 11) is 0. The van der Waals surface area contributed by atoms with Gasteiger partial charge in [-0.25, -0.2) is 13.8 Å². The molecular formula is C27H29ClF2N6O2. The maximum absolute atomic E-state index is 13.1. The topological polar surface area (TPSA) is 83.4 Å². The highest BCUT2D eigenvalue weighted by Crippen LogP contribution is 2.34. The normalized spacial score (nSPS) is 19.9. The van der Waals surface area contributed by atoms with Gasteiger partial charge in [-0.2, -0.15) is 0 Å². The Labute approximate surface area is 224 Å². The molecule has 4 heterocycles. The number of fused-ring (bicyclic) bond motifs is 1. The number of pyridine rings is 1. The number of carbonyl (C=O) groups is 2. The van der Waals surface area contributed by atoms with Crippen molar-refractivity contribution < 1.29 is 18.4 Å². The Kier molecular flexibility index (Phi) is 7.45. The van der Waals surface area contributed by atoms with E-state index in [1.165, 1.54) is 6.08 Å². The zero-order valence-electron chi connectivity index (χ0n) is 21.0. The highest BCUT2D eigenvalue weighted by molar-refractivity contribution is 6.35. The molecule has 1 aromatic carbocycles. The summed E-state index contributed by atoms with van der Waals surface area (Å²) in [6.07, 6.45) is 7.16. The fourth-order valence-electron chi connectivity index (χ4n) is 5.09. The van der Waals surface area contributed by atoms with Crippen molar-refractivity contribution in [3.05, 3.63) is 65.0 Å². The minimum atomic E-state index is -2.63. The Morgan fingerprint density at radius 1 is 1.24 bits per heavy atom. The number of para-hydroxylation sites is 1. The lowest BCUT2D eigenvalue weighted by molar-refractivity contribution is -0.127. The minimum absolute atomic E-state index is 0.169. The van der Waals surface area contributed by atoms with E-state index < -0.39 is 5.92 Å². The summed E-state index contributed by atoms with van der Waals surface area (Å²) < 4.78 is 28.1. The molecule has 5 rings (SSSR count). The first-order valence-corrected chi connectivity index (χ1v) is 13.0. The maximum atomic E-state index is 13.1. The highest BCUT2D eigenvalue weighted by atomic mass is 35.5. The number of carbonyl (C=O) groups excluding carboxylic acids is 2. The van der Waals surface area contributed by atoms with Crippen molar-refractivity contribution in [1.29, 1.82) is 0 Å². The average molecular weight is 543 g/mol. The summed E-state index contributed by atoms with van der Waals surface area (Å²) in [6, 6.07) is 8.59. The molecule has 2 fully saturated rings. The molecule has 2 aliphatic heterocycles. The first-order valence-electron chi connectivity index (χ1n) is 12.7. The number of alkyl halides is 2. The quantitative estimate of drug-likeness (QED) is 0.456. The van der Waals surface area contributed by atoms with Crippen molar-refractivity contribution in [2.75, 3.05) is 38.0 Å². The number of aryl methyl sites for hydroxylation is 1. The molecule has 0 bridgehead atoms. The van der Waals surface area contributed by atoms with Gasteiger partial charge in [-0.05, 0) is 50.5 Å². The van der Waals surface area contributed by atoms with Gasteiger partial charge in [0.1, 0.15) is 0 Å². The molecule has 2 aromatic heterocycles. The number of nitrogens with zero attached hydrogens (tertiary/aromatic N) is 5. The number of anilines is 1. The lowest BCUT2D eigenvalue weighted by atomic mass is 10.1. The lowest BCUT2D eigenvalue weighted by Gasteiger charge is -2.37. The molecule has 2 aliphatic rings. The Morgan fingerprint density at radius 2 is 2.05 bits per heavy atom. The Morgan fingerprint density at radius 3 is 2.82 bits per heavy atom. The van der Waals surface area contributed by atoms with Gasteiger partial charge in [0.25, 0.3) is 11.8 Å². The number of halogens is 3. The van der Waals surface area contributed by atoms with Gasteiger partial charge in [-0.1, -0.05) is 23.7 Å². The Hall–Kier alpha value is -3.37. The molecule has 2 saturated heterocycles. The molecule has 0 spiro atoms. The second kappa shape index (κ2) is 10.8. The van der Waals surface area contributed by atoms with E-state index in [0.29, 0.717) is 47.2 Å². The number of aromatic nitrogens is 3. The van der Waals surface area contributed by atoms with Crippen LogP contribution < -0.4 is 5.32 Å². The Bertz CT molecular complexity index is 1380. The molecule has 38 heavy (non-hydrogen) atoms. The molecule has 1 atom stereocenters. The van der Waals surface area contributed by atoms with E-state index in [4.69, 9.17) is 11.6 Å². The number of hydrogen-bond donors (Lipinski definition) is 1. The van der Waals surface area contributed by atoms with E-state index >= 15 is 0 Å². The van der Waals surface area contributed by atoms with Crippen LogP contribution in [0, 0.1) is 6.92 Å². The second-order valence-electron chi connectivity index (χ2n) is 9.91. The fraction of sp³-hybridized carbons (Fsp3) is 0.407. The van der Waals surface area contributed by atoms with Crippen LogP contribution in [0.1, 0.15) is 41.4 Å². The van der Waals surface area contributed by atoms with E-state index in [1.54, 1.807) is 40.3 Å². The summed E-state index contributed by atoms with van der Waals surface area (Å²) in [5.41, 5.74) is 2.53. The molecular weight excluding hydrogens is 514 g/mol. The zero-order valence-corrected chi connectivity index (χ0v) is 21.8. The van der Waals surface area contributed by atoms with Gasteiger partial charge in [0.15, 0.2) is 0 Å². The van der Waals surface area contributed by atoms with Gasteiger partial charge < -0.3 is 9.47 Å². The van der Waals surface area contributed by atoms with E-state index in [1.807, 2.05) is 23.6 Å². The molecule has 0 saturated carbocycles. The predicted octanol–water partition coefficient (Wildman–Crippen LogP) is 4.71. The van der Waals surface area contributed by atoms with Crippen LogP contribution in [0.5, 0.6) is 0 Å². The van der Waals surface area contributed by atoms with Gasteiger partial charge in [0.05, 0.1) is 35.2 Å². The number of benzene rings is 1. The van der Waals surface area contributed by atoms with Gasteiger partial charge in [-0.15, -0.1) is 0 Å². The first kappa shape index (κ1) is 26.2. The van der Waals surface area contributed by atoms with E-state index in [9.17, 15) is 18.4 Å². The average Bonchev–Trinajstić information content (AvgIpc) is 3.04. The number of amides is 2. The summed E-state index contributed by atoms with van der Waals surface area (Å²) in [5.74, 6) is -2.75. The molecule has 3 aromatic rings. The van der Waals surface area contributed by atoms with Crippen LogP contribution in [0.2, 0.25) is 5.02 Å². The standard InChI is InChI=1S/C27H29ClF2N6O2/c1-18-14-19(10-11-31-18)25(38)33-26-32-22-8-4-7-21(28)24(22)36(26)20-6-2-3-13-35(15-20)23(37)9-5-12-34-16-27(29,30)17-34/h4-5,7-11,14,20H,2-3,6,12-13,15-17H2,1H3,(H,32,33,38). The van der Waals surface area contributed by atoms with Crippen LogP contribution in [-0.2, 0) is 4.79 Å². The van der Waals surface area contributed by atoms with Gasteiger partial charge in [0.2, 0.25) is 11.9 Å². The Balaban J connectivity index is 1.39. The van der Waals surface area contributed by atoms with Crippen LogP contribution in [0.4, 0.5) is 14.7 Å². The number of hydrogen-bond acceptors (Lipinski definition) is 5. The van der Waals surface area contributed by atoms with Gasteiger partial charge >= 0.3 is 0 Å². The van der Waals surface area contributed by atoms with Crippen LogP contribution in [0.3, 0.4) is 0 Å². The third kappa shape index (κ3) is 5.71. The summed E-state index contributed by atoms with van der Waals surface area (Å²) in [5, 5.41) is 3.44. The van der Waals surface area contributed by atoms with Crippen LogP contribution in [0.25, 0.3) is 11.0 Å². The van der Waals surface area contributed by atoms with Crippen LogP contribution in [0.15, 0.2) is 48.7 Å². The monoisotopic (exact) mass is 542 g/mol. The first-order chi connectivity index (χ1) is 18.2. The molecule has 8 nitrogen and oxygen atoms in total. The molecule has 2 amide bonds. The molecule has 1 N–H and O–H groups in total. The third-order valence-electron chi connectivity index (χ3n) is 6.90. The van der Waals surface area contributed by atoms with E-state index in [0.717, 1.165) is 25.0 Å². The summed E-state index contributed by atoms with van der Waals surface area (Å²) >= 11 is 6.61. The SMILES string of the molecule is Cc1cc(C(=O)Nc2nc3cccc(Cl)c3n2C2CCCCN(C(=O)C=CCN3CC(F)(F)C3)C2)ccn1. The molecule has 0 aliphatic carbocycles. The minimum Gasteiger partial charge on any atom is -0.337 e. The molecule has 200 valence electrons. The largest absolute Gasteiger partial charge is 0.337 e. The van der Waals surface area contributed by atoms with Crippen molar-refractivity contribution in [3.8, 4) is 0 Å². The van der Waals surface area contributed by atoms with Crippen LogP contribution >= 0.6 is 11.6 Å². The number of rotatable bonds is 6. The molecule has 11 heteroatoms. The maximum Gasteiger partial charge on any atom is 0.272 e. The number of nitrogens with one attached hydrogen (secondary N) is 1. The van der Waals surface area contributed by atoms with Gasteiger partial charge in [0, 0.05) is 43.2 Å². The van der Waals surface area contributed by atoms with E-state index in [-0.39, 0.29) is 30.9 Å². The van der Waals surface area contributed by atoms with E-state index in [2.05, 4.69) is 15.3 Å². The molecule has 0 radical (unpaired) electrons. The van der Waals surface area contributed by atoms with Crippen molar-refractivity contribution in [2.45, 2.75) is 38.2 Å². The highest BCUT2D eigenvalue weighted by Gasteiger charge is 2.42. The second-order valence-corrected chi connectivity index (χ2v) is 10.3. The van der Waals surface area contributed by atoms with Crippen molar-refractivity contribution in [1.82, 2.24) is 24.3 Å². The number of likely N-dealkylation sites (tertiary alicyclic amines) is 2. The summed E-state index contributed by atoms with van der Waals surface area (Å²) in [6.45, 7) is 2.55. The van der Waals surface area contributed by atoms with Crippen molar-refractivity contribution >= 4 is 40.4 Å². The summed E-state index contributed by atoms with van der Waals surface area (Å²) in [4.78, 5) is 38.3. The van der Waals surface area contributed by atoms with Crippen molar-refractivity contribution in [3.63, 3.8) is 0 Å². The fourth-order valence-corrected chi connectivity index (χ4v) is 5.35. The van der Waals surface area contributed by atoms with Crippen molar-refractivity contribution in [2.24, 2.45) is 0 Å². The van der Waals surface area contributed by atoms with Gasteiger partial charge in [-0.3, -0.25) is 24.8 Å².